The number of hydrogen-bond donors (Lipinski definition) is 0. The molecule has 0 radical (unpaired) electrons. The van der Waals surface area contributed by atoms with Crippen molar-refractivity contribution < 1.29 is 28.3 Å². The number of esters is 1. The molecule has 0 saturated carbocycles. The third kappa shape index (κ3) is 3.12. The first-order valence-electron chi connectivity index (χ1n) is 9.90. The number of imide groups is 1. The van der Waals surface area contributed by atoms with Crippen molar-refractivity contribution in [1.29, 1.82) is 0 Å². The molecule has 1 aliphatic carbocycles. The number of fused-ring (bicyclic) bond motifs is 4. The summed E-state index contributed by atoms with van der Waals surface area (Å²) in [5, 5.41) is 1.02. The summed E-state index contributed by atoms with van der Waals surface area (Å²) in [6.07, 6.45) is 4.20. The summed E-state index contributed by atoms with van der Waals surface area (Å²) in [5.41, 5.74) is 2.66. The molecular formula is C23H19NO6. The van der Waals surface area contributed by atoms with Crippen LogP contribution in [-0.2, 0) is 22.4 Å². The molecule has 30 heavy (non-hydrogen) atoms. The van der Waals surface area contributed by atoms with E-state index in [4.69, 9.17) is 13.9 Å². The monoisotopic (exact) mass is 405 g/mol. The van der Waals surface area contributed by atoms with Gasteiger partial charge in [-0.05, 0) is 49.6 Å². The first-order chi connectivity index (χ1) is 14.6. The van der Waals surface area contributed by atoms with Gasteiger partial charge in [0.15, 0.2) is 13.3 Å². The Morgan fingerprint density at radius 3 is 2.50 bits per heavy atom. The molecule has 0 fully saturated rings. The van der Waals surface area contributed by atoms with E-state index in [0.717, 1.165) is 47.3 Å². The van der Waals surface area contributed by atoms with Crippen LogP contribution in [0, 0.1) is 0 Å². The number of benzene rings is 2. The number of amides is 2. The zero-order valence-corrected chi connectivity index (χ0v) is 16.2. The normalized spacial score (nSPS) is 15.3. The highest BCUT2D eigenvalue weighted by molar-refractivity contribution is 6.21. The Bertz CT molecular complexity index is 1140. The van der Waals surface area contributed by atoms with Crippen molar-refractivity contribution in [1.82, 2.24) is 4.90 Å². The van der Waals surface area contributed by atoms with Gasteiger partial charge in [0.1, 0.15) is 17.1 Å². The summed E-state index contributed by atoms with van der Waals surface area (Å²) in [7, 11) is 0. The van der Waals surface area contributed by atoms with E-state index in [2.05, 4.69) is 0 Å². The van der Waals surface area contributed by atoms with E-state index in [9.17, 15) is 14.4 Å². The molecule has 0 spiro atoms. The van der Waals surface area contributed by atoms with Crippen LogP contribution in [0.2, 0.25) is 0 Å². The number of hydrogen-bond acceptors (Lipinski definition) is 6. The molecule has 2 aliphatic rings. The zero-order chi connectivity index (χ0) is 20.7. The molecule has 3 aromatic rings. The van der Waals surface area contributed by atoms with Crippen LogP contribution in [-0.4, -0.2) is 36.0 Å². The van der Waals surface area contributed by atoms with E-state index in [1.54, 1.807) is 30.3 Å². The first-order valence-corrected chi connectivity index (χ1v) is 9.90. The van der Waals surface area contributed by atoms with Gasteiger partial charge in [0.2, 0.25) is 0 Å². The standard InChI is InChI=1S/C23H19NO6/c25-21(29-13-24-22(26)16-6-1-2-7-17(16)23(24)27)12-28-14-9-10-20-18(11-14)15-5-3-4-8-19(15)30-20/h1-2,6-7,9-11H,3-5,8,12-13H2. The fraction of sp³-hybridized carbons (Fsp3) is 0.261. The van der Waals surface area contributed by atoms with Gasteiger partial charge < -0.3 is 13.9 Å². The maximum absolute atomic E-state index is 12.3. The summed E-state index contributed by atoms with van der Waals surface area (Å²) in [6, 6.07) is 12.0. The van der Waals surface area contributed by atoms with Gasteiger partial charge >= 0.3 is 5.97 Å². The molecule has 2 aromatic carbocycles. The Morgan fingerprint density at radius 1 is 1.00 bits per heavy atom. The van der Waals surface area contributed by atoms with Crippen LogP contribution in [0.25, 0.3) is 11.0 Å². The van der Waals surface area contributed by atoms with Gasteiger partial charge in [-0.3, -0.25) is 9.59 Å². The van der Waals surface area contributed by atoms with Crippen molar-refractivity contribution in [3.8, 4) is 5.75 Å². The highest BCUT2D eigenvalue weighted by atomic mass is 16.6. The summed E-state index contributed by atoms with van der Waals surface area (Å²) >= 11 is 0. The van der Waals surface area contributed by atoms with E-state index < -0.39 is 24.5 Å². The van der Waals surface area contributed by atoms with Gasteiger partial charge in [0.25, 0.3) is 11.8 Å². The van der Waals surface area contributed by atoms with Gasteiger partial charge in [-0.2, -0.15) is 0 Å². The molecule has 7 heteroatoms. The lowest BCUT2D eigenvalue weighted by molar-refractivity contribution is -0.148. The van der Waals surface area contributed by atoms with Crippen molar-refractivity contribution in [3.05, 3.63) is 64.9 Å². The molecule has 152 valence electrons. The van der Waals surface area contributed by atoms with Crippen molar-refractivity contribution in [3.63, 3.8) is 0 Å². The van der Waals surface area contributed by atoms with E-state index in [1.165, 1.54) is 5.56 Å². The van der Waals surface area contributed by atoms with Crippen LogP contribution >= 0.6 is 0 Å². The molecule has 0 bridgehead atoms. The third-order valence-electron chi connectivity index (χ3n) is 5.52. The average molecular weight is 405 g/mol. The number of furan rings is 1. The Balaban J connectivity index is 1.20. The van der Waals surface area contributed by atoms with Gasteiger partial charge in [-0.1, -0.05) is 12.1 Å². The molecule has 2 heterocycles. The highest BCUT2D eigenvalue weighted by Crippen LogP contribution is 2.34. The fourth-order valence-corrected chi connectivity index (χ4v) is 4.01. The summed E-state index contributed by atoms with van der Waals surface area (Å²) in [4.78, 5) is 37.6. The lowest BCUT2D eigenvalue weighted by atomic mass is 9.96. The number of carbonyl (C=O) groups excluding carboxylic acids is 3. The van der Waals surface area contributed by atoms with Gasteiger partial charge in [0, 0.05) is 17.4 Å². The fourth-order valence-electron chi connectivity index (χ4n) is 4.01. The smallest absolute Gasteiger partial charge is 0.345 e. The predicted octanol–water partition coefficient (Wildman–Crippen LogP) is 3.49. The second kappa shape index (κ2) is 7.33. The molecule has 0 atom stereocenters. The first kappa shape index (κ1) is 18.4. The lowest BCUT2D eigenvalue weighted by Crippen LogP contribution is -2.34. The minimum atomic E-state index is -0.666. The van der Waals surface area contributed by atoms with Crippen molar-refractivity contribution >= 4 is 28.8 Å². The van der Waals surface area contributed by atoms with E-state index in [1.807, 2.05) is 12.1 Å². The molecular weight excluding hydrogens is 386 g/mol. The summed E-state index contributed by atoms with van der Waals surface area (Å²) < 4.78 is 16.5. The zero-order valence-electron chi connectivity index (χ0n) is 16.2. The summed E-state index contributed by atoms with van der Waals surface area (Å²) in [5.74, 6) is -0.0389. The summed E-state index contributed by atoms with van der Waals surface area (Å²) in [6.45, 7) is -0.766. The van der Waals surface area contributed by atoms with Crippen LogP contribution in [0.4, 0.5) is 0 Å². The SMILES string of the molecule is O=C(COc1ccc2oc3c(c2c1)CCCC3)OCN1C(=O)c2ccccc2C1=O. The van der Waals surface area contributed by atoms with Crippen molar-refractivity contribution in [2.24, 2.45) is 0 Å². The van der Waals surface area contributed by atoms with Crippen molar-refractivity contribution in [2.45, 2.75) is 25.7 Å². The Labute approximate surface area is 172 Å². The largest absolute Gasteiger partial charge is 0.482 e. The highest BCUT2D eigenvalue weighted by Gasteiger charge is 2.35. The quantitative estimate of drug-likeness (QED) is 0.477. The van der Waals surface area contributed by atoms with Crippen LogP contribution in [0.3, 0.4) is 0 Å². The second-order valence-electron chi connectivity index (χ2n) is 7.39. The topological polar surface area (TPSA) is 86.1 Å². The molecule has 0 saturated heterocycles. The molecule has 7 nitrogen and oxygen atoms in total. The number of ether oxygens (including phenoxy) is 2. The lowest BCUT2D eigenvalue weighted by Gasteiger charge is -2.14. The maximum atomic E-state index is 12.3. The molecule has 0 N–H and O–H groups in total. The second-order valence-corrected chi connectivity index (χ2v) is 7.39. The van der Waals surface area contributed by atoms with E-state index in [-0.39, 0.29) is 6.61 Å². The third-order valence-corrected chi connectivity index (χ3v) is 5.52. The Kier molecular flexibility index (Phi) is 4.50. The predicted molar refractivity (Wildman–Crippen MR) is 106 cm³/mol. The maximum Gasteiger partial charge on any atom is 0.345 e. The Hall–Kier alpha value is -3.61. The van der Waals surface area contributed by atoms with E-state index in [0.29, 0.717) is 16.9 Å². The van der Waals surface area contributed by atoms with Crippen LogP contribution < -0.4 is 4.74 Å². The number of nitrogens with zero attached hydrogens (tertiary/aromatic N) is 1. The number of rotatable bonds is 5. The van der Waals surface area contributed by atoms with E-state index >= 15 is 0 Å². The van der Waals surface area contributed by atoms with Crippen LogP contribution in [0.1, 0.15) is 44.9 Å². The molecule has 5 rings (SSSR count). The molecule has 2 amide bonds. The number of aryl methyl sites for hydroxylation is 2. The van der Waals surface area contributed by atoms with Gasteiger partial charge in [-0.15, -0.1) is 0 Å². The molecule has 0 unspecified atom stereocenters. The minimum absolute atomic E-state index is 0.312. The van der Waals surface area contributed by atoms with Gasteiger partial charge in [-0.25, -0.2) is 9.69 Å². The minimum Gasteiger partial charge on any atom is -0.482 e. The van der Waals surface area contributed by atoms with Crippen LogP contribution in [0.15, 0.2) is 46.9 Å². The van der Waals surface area contributed by atoms with Crippen molar-refractivity contribution in [2.75, 3.05) is 13.3 Å². The molecule has 1 aromatic heterocycles. The van der Waals surface area contributed by atoms with Crippen LogP contribution in [0.5, 0.6) is 5.75 Å². The number of carbonyl (C=O) groups is 3. The average Bonchev–Trinajstić information content (AvgIpc) is 3.26. The Morgan fingerprint density at radius 2 is 1.73 bits per heavy atom. The van der Waals surface area contributed by atoms with Gasteiger partial charge in [0.05, 0.1) is 11.1 Å². The molecule has 1 aliphatic heterocycles.